The zero-order valence-electron chi connectivity index (χ0n) is 10.2. The highest BCUT2D eigenvalue weighted by Crippen LogP contribution is 2.21. The van der Waals surface area contributed by atoms with Gasteiger partial charge in [-0.3, -0.25) is 0 Å². The van der Waals surface area contributed by atoms with Gasteiger partial charge in [-0.2, -0.15) is 0 Å². The van der Waals surface area contributed by atoms with Gasteiger partial charge in [0.15, 0.2) is 5.56 Å². The Balaban J connectivity index is 2.61. The highest BCUT2D eigenvalue weighted by Gasteiger charge is 2.24. The largest absolute Gasteiger partial charge is 0.462 e. The summed E-state index contributed by atoms with van der Waals surface area (Å²) in [6, 6.07) is 9.09. The summed E-state index contributed by atoms with van der Waals surface area (Å²) in [5.74, 6) is -0.661. The molecule has 0 radical (unpaired) electrons. The number of ether oxygens (including phenoxy) is 1. The standard InChI is InChI=1S/C13H13NO4/c1-3-17-12(15)10-11(14(2)18-13(10)16)9-7-5-4-6-8-9/h4-8H,3H2,1-2H3. The van der Waals surface area contributed by atoms with Crippen LogP contribution in [0.25, 0.3) is 11.3 Å². The van der Waals surface area contributed by atoms with Gasteiger partial charge < -0.3 is 9.26 Å². The van der Waals surface area contributed by atoms with E-state index < -0.39 is 11.6 Å². The number of benzene rings is 1. The first kappa shape index (κ1) is 12.2. The van der Waals surface area contributed by atoms with Crippen LogP contribution in [0, 0.1) is 0 Å². The third-order valence-corrected chi connectivity index (χ3v) is 2.50. The van der Waals surface area contributed by atoms with Crippen molar-refractivity contribution in [2.24, 2.45) is 7.05 Å². The minimum atomic E-state index is -0.685. The monoisotopic (exact) mass is 247 g/mol. The lowest BCUT2D eigenvalue weighted by molar-refractivity contribution is 0.0524. The van der Waals surface area contributed by atoms with Gasteiger partial charge in [0.1, 0.15) is 5.69 Å². The molecule has 0 spiro atoms. The third-order valence-electron chi connectivity index (χ3n) is 2.50. The number of aromatic nitrogens is 1. The molecule has 0 aliphatic carbocycles. The third kappa shape index (κ3) is 2.07. The van der Waals surface area contributed by atoms with Crippen LogP contribution in [0.1, 0.15) is 17.3 Å². The fraction of sp³-hybridized carbons (Fsp3) is 0.231. The molecule has 1 heterocycles. The number of rotatable bonds is 3. The quantitative estimate of drug-likeness (QED) is 0.776. The van der Waals surface area contributed by atoms with Crippen molar-refractivity contribution < 1.29 is 14.1 Å². The molecule has 0 aliphatic heterocycles. The van der Waals surface area contributed by atoms with Gasteiger partial charge >= 0.3 is 11.6 Å². The van der Waals surface area contributed by atoms with E-state index in [1.54, 1.807) is 26.1 Å². The molecule has 2 aromatic rings. The Labute approximate surface area is 104 Å². The Hall–Kier alpha value is -2.30. The van der Waals surface area contributed by atoms with Gasteiger partial charge in [0, 0.05) is 12.6 Å². The summed E-state index contributed by atoms with van der Waals surface area (Å²) < 4.78 is 11.1. The van der Waals surface area contributed by atoms with Gasteiger partial charge in [-0.05, 0) is 6.92 Å². The summed E-state index contributed by atoms with van der Waals surface area (Å²) in [4.78, 5) is 23.4. The summed E-state index contributed by atoms with van der Waals surface area (Å²) >= 11 is 0. The van der Waals surface area contributed by atoms with Crippen LogP contribution >= 0.6 is 0 Å². The number of esters is 1. The smallest absolute Gasteiger partial charge is 0.372 e. The van der Waals surface area contributed by atoms with Gasteiger partial charge in [0.25, 0.3) is 0 Å². The van der Waals surface area contributed by atoms with Crippen LogP contribution in [-0.4, -0.2) is 17.3 Å². The summed E-state index contributed by atoms with van der Waals surface area (Å²) in [5, 5.41) is 0. The van der Waals surface area contributed by atoms with Crippen molar-refractivity contribution in [3.05, 3.63) is 46.3 Å². The molecule has 1 aromatic carbocycles. The number of hydrogen-bond acceptors (Lipinski definition) is 4. The Bertz CT molecular complexity index is 610. The molecule has 5 heteroatoms. The van der Waals surface area contributed by atoms with Crippen LogP contribution in [0.3, 0.4) is 0 Å². The topological polar surface area (TPSA) is 61.4 Å². The minimum absolute atomic E-state index is 0.0643. The number of nitrogens with zero attached hydrogens (tertiary/aromatic N) is 1. The molecule has 18 heavy (non-hydrogen) atoms. The second-order valence-corrected chi connectivity index (χ2v) is 3.69. The maximum Gasteiger partial charge on any atom is 0.372 e. The van der Waals surface area contributed by atoms with E-state index in [-0.39, 0.29) is 12.2 Å². The van der Waals surface area contributed by atoms with E-state index in [1.807, 2.05) is 18.2 Å². The van der Waals surface area contributed by atoms with E-state index in [0.717, 1.165) is 5.56 Å². The molecular weight excluding hydrogens is 234 g/mol. The van der Waals surface area contributed by atoms with E-state index in [0.29, 0.717) is 5.69 Å². The molecule has 0 saturated heterocycles. The molecule has 0 atom stereocenters. The van der Waals surface area contributed by atoms with Gasteiger partial charge in [-0.15, -0.1) is 0 Å². The van der Waals surface area contributed by atoms with E-state index in [1.165, 1.54) is 4.74 Å². The van der Waals surface area contributed by atoms with Gasteiger partial charge in [-0.25, -0.2) is 14.3 Å². The van der Waals surface area contributed by atoms with Crippen molar-refractivity contribution in [1.29, 1.82) is 0 Å². The number of aryl methyl sites for hydroxylation is 1. The predicted molar refractivity (Wildman–Crippen MR) is 65.3 cm³/mol. The second kappa shape index (κ2) is 4.91. The molecule has 0 saturated carbocycles. The van der Waals surface area contributed by atoms with Crippen LogP contribution in [-0.2, 0) is 11.8 Å². The van der Waals surface area contributed by atoms with Crippen molar-refractivity contribution >= 4 is 5.97 Å². The zero-order chi connectivity index (χ0) is 13.1. The van der Waals surface area contributed by atoms with Crippen LogP contribution < -0.4 is 5.63 Å². The van der Waals surface area contributed by atoms with Crippen molar-refractivity contribution in [1.82, 2.24) is 4.74 Å². The first-order chi connectivity index (χ1) is 8.65. The molecule has 2 rings (SSSR count). The molecular formula is C13H13NO4. The lowest BCUT2D eigenvalue weighted by Crippen LogP contribution is -2.14. The molecule has 0 aliphatic rings. The van der Waals surface area contributed by atoms with Crippen molar-refractivity contribution in [2.45, 2.75) is 6.92 Å². The first-order valence-electron chi connectivity index (χ1n) is 5.58. The Morgan fingerprint density at radius 1 is 1.33 bits per heavy atom. The lowest BCUT2D eigenvalue weighted by Gasteiger charge is -2.04. The van der Waals surface area contributed by atoms with Crippen molar-refractivity contribution in [3.63, 3.8) is 0 Å². The van der Waals surface area contributed by atoms with Crippen LogP contribution in [0.15, 0.2) is 39.6 Å². The normalized spacial score (nSPS) is 10.3. The van der Waals surface area contributed by atoms with Crippen molar-refractivity contribution in [2.75, 3.05) is 6.61 Å². The van der Waals surface area contributed by atoms with Crippen LogP contribution in [0.5, 0.6) is 0 Å². The summed E-state index contributed by atoms with van der Waals surface area (Å²) in [7, 11) is 1.58. The van der Waals surface area contributed by atoms with Gasteiger partial charge in [0.2, 0.25) is 0 Å². The summed E-state index contributed by atoms with van der Waals surface area (Å²) in [6.45, 7) is 1.89. The maximum atomic E-state index is 11.8. The summed E-state index contributed by atoms with van der Waals surface area (Å²) in [5.41, 5.74) is 0.410. The highest BCUT2D eigenvalue weighted by atomic mass is 16.5. The number of hydrogen-bond donors (Lipinski definition) is 0. The molecule has 0 fully saturated rings. The first-order valence-corrected chi connectivity index (χ1v) is 5.58. The summed E-state index contributed by atoms with van der Waals surface area (Å²) in [6.07, 6.45) is 0. The molecule has 0 unspecified atom stereocenters. The Morgan fingerprint density at radius 3 is 2.61 bits per heavy atom. The molecule has 0 amide bonds. The van der Waals surface area contributed by atoms with E-state index >= 15 is 0 Å². The maximum absolute atomic E-state index is 11.8. The highest BCUT2D eigenvalue weighted by molar-refractivity contribution is 5.95. The fourth-order valence-corrected chi connectivity index (χ4v) is 1.78. The SMILES string of the molecule is CCOC(=O)c1c(-c2ccccc2)n(C)oc1=O. The number of carbonyl (C=O) groups excluding carboxylic acids is 1. The average Bonchev–Trinajstić information content (AvgIpc) is 2.65. The second-order valence-electron chi connectivity index (χ2n) is 3.69. The number of carbonyl (C=O) groups is 1. The van der Waals surface area contributed by atoms with Gasteiger partial charge in [0.05, 0.1) is 6.61 Å². The molecule has 0 N–H and O–H groups in total. The van der Waals surface area contributed by atoms with E-state index in [9.17, 15) is 9.59 Å². The fourth-order valence-electron chi connectivity index (χ4n) is 1.78. The molecule has 0 bridgehead atoms. The average molecular weight is 247 g/mol. The molecule has 1 aromatic heterocycles. The Kier molecular flexibility index (Phi) is 3.32. The van der Waals surface area contributed by atoms with Crippen LogP contribution in [0.4, 0.5) is 0 Å². The Morgan fingerprint density at radius 2 is 2.00 bits per heavy atom. The zero-order valence-corrected chi connectivity index (χ0v) is 10.2. The lowest BCUT2D eigenvalue weighted by atomic mass is 10.1. The van der Waals surface area contributed by atoms with Crippen molar-refractivity contribution in [3.8, 4) is 11.3 Å². The minimum Gasteiger partial charge on any atom is -0.462 e. The molecule has 5 nitrogen and oxygen atoms in total. The van der Waals surface area contributed by atoms with Crippen LogP contribution in [0.2, 0.25) is 0 Å². The van der Waals surface area contributed by atoms with Gasteiger partial charge in [-0.1, -0.05) is 30.3 Å². The predicted octanol–water partition coefficient (Wildman–Crippen LogP) is 1.82. The van der Waals surface area contributed by atoms with E-state index in [2.05, 4.69) is 0 Å². The molecule has 94 valence electrons. The van der Waals surface area contributed by atoms with E-state index in [4.69, 9.17) is 9.26 Å².